The Labute approximate surface area is 335 Å². The Morgan fingerprint density at radius 1 is 0.259 bits per heavy atom. The third-order valence-corrected chi connectivity index (χ3v) is 15.4. The molecule has 12 aromatic carbocycles. The average molecular weight is 755 g/mol. The van der Waals surface area contributed by atoms with Gasteiger partial charge in [-0.15, -0.1) is 0 Å². The molecule has 0 spiro atoms. The van der Waals surface area contributed by atoms with Gasteiger partial charge in [-0.05, 0) is 140 Å². The van der Waals surface area contributed by atoms with Crippen molar-refractivity contribution >= 4 is 109 Å². The lowest BCUT2D eigenvalue weighted by molar-refractivity contribution is 0.592. The fourth-order valence-corrected chi connectivity index (χ4v) is 12.2. The summed E-state index contributed by atoms with van der Waals surface area (Å²) in [5.74, 6) is 0. The summed E-state index contributed by atoms with van der Waals surface area (Å²) >= 11 is 0. The molecule has 0 radical (unpaired) electrons. The van der Waals surface area contributed by atoms with Gasteiger partial charge in [-0.25, -0.2) is 0 Å². The van der Waals surface area contributed by atoms with Gasteiger partial charge in [0.2, 0.25) is 0 Å². The van der Waals surface area contributed by atoms with Crippen LogP contribution < -0.4 is 15.9 Å². The van der Waals surface area contributed by atoms with E-state index in [4.69, 9.17) is 0 Å². The summed E-state index contributed by atoms with van der Waals surface area (Å²) < 4.78 is 16.4. The predicted molar refractivity (Wildman–Crippen MR) is 251 cm³/mol. The van der Waals surface area contributed by atoms with Crippen molar-refractivity contribution in [2.45, 2.75) is 0 Å². The highest BCUT2D eigenvalue weighted by molar-refractivity contribution is 7.85. The summed E-state index contributed by atoms with van der Waals surface area (Å²) in [4.78, 5) is 0. The first kappa shape index (κ1) is 33.1. The van der Waals surface area contributed by atoms with Crippen molar-refractivity contribution in [2.24, 2.45) is 0 Å². The topological polar surface area (TPSA) is 17.1 Å². The second-order valence-corrected chi connectivity index (χ2v) is 18.4. The molecule has 0 saturated carbocycles. The second-order valence-electron chi connectivity index (χ2n) is 15.6. The van der Waals surface area contributed by atoms with Gasteiger partial charge in [0.05, 0.1) is 0 Å². The molecule has 58 heavy (non-hydrogen) atoms. The Hall–Kier alpha value is -7.05. The minimum Gasteiger partial charge on any atom is -0.309 e. The van der Waals surface area contributed by atoms with Crippen LogP contribution in [0.15, 0.2) is 212 Å². The number of fused-ring (bicyclic) bond motifs is 11. The molecule has 0 fully saturated rings. The van der Waals surface area contributed by atoms with Crippen molar-refractivity contribution in [3.8, 4) is 11.1 Å². The van der Waals surface area contributed by atoms with Crippen LogP contribution in [-0.4, -0.2) is 0 Å². The van der Waals surface area contributed by atoms with Gasteiger partial charge in [0.25, 0.3) is 0 Å². The Morgan fingerprint density at radius 3 is 1.17 bits per heavy atom. The molecule has 0 saturated heterocycles. The van der Waals surface area contributed by atoms with Crippen molar-refractivity contribution in [1.29, 1.82) is 0 Å². The molecule has 0 amide bonds. The van der Waals surface area contributed by atoms with E-state index in [0.29, 0.717) is 0 Å². The summed E-state index contributed by atoms with van der Waals surface area (Å²) in [6.07, 6.45) is 0. The molecule has 0 bridgehead atoms. The molecule has 0 aliphatic rings. The molecule has 0 aliphatic carbocycles. The van der Waals surface area contributed by atoms with Crippen LogP contribution in [-0.2, 0) is 4.57 Å². The van der Waals surface area contributed by atoms with Crippen LogP contribution in [0.25, 0.3) is 97.3 Å². The van der Waals surface area contributed by atoms with Crippen molar-refractivity contribution < 1.29 is 4.57 Å². The van der Waals surface area contributed by atoms with Gasteiger partial charge in [0, 0.05) is 15.9 Å². The number of hydrogen-bond acceptors (Lipinski definition) is 1. The zero-order valence-electron chi connectivity index (χ0n) is 31.6. The van der Waals surface area contributed by atoms with E-state index in [0.717, 1.165) is 43.0 Å². The van der Waals surface area contributed by atoms with E-state index in [1.165, 1.54) is 70.2 Å². The van der Waals surface area contributed by atoms with Gasteiger partial charge in [0.15, 0.2) is 7.14 Å². The average Bonchev–Trinajstić information content (AvgIpc) is 3.29. The Bertz CT molecular complexity index is 3590. The van der Waals surface area contributed by atoms with Crippen LogP contribution in [0.2, 0.25) is 0 Å². The summed E-state index contributed by atoms with van der Waals surface area (Å²) in [5, 5.41) is 21.5. The lowest BCUT2D eigenvalue weighted by Crippen LogP contribution is -2.25. The largest absolute Gasteiger partial charge is 0.309 e. The SMILES string of the molecule is O=P(c1ccc(-c2c3ccccc3cc3c4ccccc4c4ccccc4c23)cc1)(c1ccc2cc3ccccc3cc2c1)c1ccc2cc3ccccc3cc2c1. The molecule has 12 aromatic rings. The summed E-state index contributed by atoms with van der Waals surface area (Å²) in [7, 11) is -3.39. The quantitative estimate of drug-likeness (QED) is 0.0993. The zero-order chi connectivity index (χ0) is 38.4. The maximum atomic E-state index is 16.4. The van der Waals surface area contributed by atoms with E-state index in [1.54, 1.807) is 0 Å². The van der Waals surface area contributed by atoms with Crippen LogP contribution in [0.1, 0.15) is 0 Å². The van der Waals surface area contributed by atoms with Gasteiger partial charge in [-0.2, -0.15) is 0 Å². The molecule has 270 valence electrons. The summed E-state index contributed by atoms with van der Waals surface area (Å²) in [6, 6.07) is 75.9. The Kier molecular flexibility index (Phi) is 7.27. The minimum absolute atomic E-state index is 0.816. The molecule has 2 heteroatoms. The Balaban J connectivity index is 1.11. The molecule has 1 nitrogen and oxygen atoms in total. The van der Waals surface area contributed by atoms with Crippen LogP contribution in [0.4, 0.5) is 0 Å². The minimum atomic E-state index is -3.39. The normalized spacial score (nSPS) is 12.2. The highest BCUT2D eigenvalue weighted by Gasteiger charge is 2.31. The van der Waals surface area contributed by atoms with Crippen molar-refractivity contribution in [3.63, 3.8) is 0 Å². The van der Waals surface area contributed by atoms with Gasteiger partial charge in [0.1, 0.15) is 0 Å². The zero-order valence-corrected chi connectivity index (χ0v) is 32.5. The van der Waals surface area contributed by atoms with E-state index in [9.17, 15) is 0 Å². The van der Waals surface area contributed by atoms with E-state index in [1.807, 2.05) is 0 Å². The highest BCUT2D eigenvalue weighted by atomic mass is 31.2. The molecular weight excluding hydrogens is 720 g/mol. The maximum Gasteiger partial charge on any atom is 0.171 e. The molecule has 0 aliphatic heterocycles. The highest BCUT2D eigenvalue weighted by Crippen LogP contribution is 2.47. The fraction of sp³-hybridized carbons (Fsp3) is 0. The van der Waals surface area contributed by atoms with Gasteiger partial charge >= 0.3 is 0 Å². The number of rotatable bonds is 4. The predicted octanol–water partition coefficient (Wildman–Crippen LogP) is 14.2. The van der Waals surface area contributed by atoms with Gasteiger partial charge < -0.3 is 4.57 Å². The number of hydrogen-bond donors (Lipinski definition) is 0. The summed E-state index contributed by atoms with van der Waals surface area (Å²) in [5.41, 5.74) is 2.30. The molecule has 0 atom stereocenters. The third-order valence-electron chi connectivity index (χ3n) is 12.4. The van der Waals surface area contributed by atoms with Crippen molar-refractivity contribution in [3.05, 3.63) is 212 Å². The van der Waals surface area contributed by atoms with E-state index >= 15 is 4.57 Å². The van der Waals surface area contributed by atoms with E-state index < -0.39 is 7.14 Å². The number of benzene rings is 12. The standard InChI is InChI=1S/C56H35OP/c57-58(47-27-23-41-29-37-11-1-3-13-39(37)31-44(41)33-47,48-28-24-42-30-38-12-2-4-14-40(38)32-45(42)34-48)46-25-21-36(22-26-46)55-49-16-6-5-15-43(49)35-54-52-19-8-7-17-50(52)51-18-9-10-20-53(51)56(54)55/h1-35H. The Morgan fingerprint density at radius 2 is 0.638 bits per heavy atom. The van der Waals surface area contributed by atoms with Crippen molar-refractivity contribution in [1.82, 2.24) is 0 Å². The van der Waals surface area contributed by atoms with E-state index in [2.05, 4.69) is 212 Å². The monoisotopic (exact) mass is 754 g/mol. The molecule has 0 aromatic heterocycles. The first-order chi connectivity index (χ1) is 28.6. The van der Waals surface area contributed by atoms with Crippen LogP contribution in [0, 0.1) is 0 Å². The lowest BCUT2D eigenvalue weighted by Gasteiger charge is -2.22. The molecule has 0 heterocycles. The van der Waals surface area contributed by atoms with E-state index in [-0.39, 0.29) is 0 Å². The lowest BCUT2D eigenvalue weighted by atomic mass is 9.86. The first-order valence-electron chi connectivity index (χ1n) is 19.9. The maximum absolute atomic E-state index is 16.4. The molecule has 0 N–H and O–H groups in total. The molecule has 0 unspecified atom stereocenters. The summed E-state index contributed by atoms with van der Waals surface area (Å²) in [6.45, 7) is 0. The molecule has 12 rings (SSSR count). The first-order valence-corrected chi connectivity index (χ1v) is 21.6. The van der Waals surface area contributed by atoms with Crippen LogP contribution >= 0.6 is 7.14 Å². The van der Waals surface area contributed by atoms with Crippen LogP contribution in [0.3, 0.4) is 0 Å². The van der Waals surface area contributed by atoms with Gasteiger partial charge in [-0.1, -0.05) is 170 Å². The fourth-order valence-electron chi connectivity index (χ4n) is 9.56. The third kappa shape index (κ3) is 5.01. The molecular formula is C56H35OP. The smallest absolute Gasteiger partial charge is 0.171 e. The van der Waals surface area contributed by atoms with Crippen molar-refractivity contribution in [2.75, 3.05) is 0 Å². The van der Waals surface area contributed by atoms with Gasteiger partial charge in [-0.3, -0.25) is 0 Å². The van der Waals surface area contributed by atoms with Crippen LogP contribution in [0.5, 0.6) is 0 Å². The second kappa shape index (κ2) is 12.7.